The first-order chi connectivity index (χ1) is 8.11. The molecule has 17 heavy (non-hydrogen) atoms. The predicted molar refractivity (Wildman–Crippen MR) is 67.7 cm³/mol. The Morgan fingerprint density at radius 3 is 2.24 bits per heavy atom. The quantitative estimate of drug-likeness (QED) is 0.687. The number of nitrogen functional groups attached to an aromatic ring is 2. The minimum atomic E-state index is -1.06. The minimum Gasteiger partial charge on any atom is -0.478 e. The van der Waals surface area contributed by atoms with Gasteiger partial charge in [-0.3, -0.25) is 0 Å². The lowest BCUT2D eigenvalue weighted by Crippen LogP contribution is -2.05. The number of hydrogen-bond acceptors (Lipinski definition) is 3. The molecule has 5 N–H and O–H groups in total. The Bertz CT molecular complexity index is 565. The molecule has 2 rings (SSSR count). The van der Waals surface area contributed by atoms with Crippen molar-refractivity contribution in [3.05, 3.63) is 48.0 Å². The number of aromatic carboxylic acids is 1. The maximum absolute atomic E-state index is 11.0. The molecule has 0 fully saturated rings. The van der Waals surface area contributed by atoms with Gasteiger partial charge in [0.05, 0.1) is 11.3 Å². The summed E-state index contributed by atoms with van der Waals surface area (Å²) in [5.74, 6) is -1.06. The Morgan fingerprint density at radius 2 is 1.65 bits per heavy atom. The van der Waals surface area contributed by atoms with Gasteiger partial charge in [0, 0.05) is 11.3 Å². The molecule has 0 saturated carbocycles. The van der Waals surface area contributed by atoms with E-state index in [9.17, 15) is 4.79 Å². The van der Waals surface area contributed by atoms with E-state index in [0.717, 1.165) is 5.56 Å². The zero-order valence-corrected chi connectivity index (χ0v) is 9.05. The van der Waals surface area contributed by atoms with Crippen LogP contribution in [-0.4, -0.2) is 11.1 Å². The molecule has 0 atom stereocenters. The van der Waals surface area contributed by atoms with Crippen LogP contribution >= 0.6 is 0 Å². The van der Waals surface area contributed by atoms with Crippen LogP contribution in [0, 0.1) is 0 Å². The molecule has 0 radical (unpaired) electrons. The van der Waals surface area contributed by atoms with Gasteiger partial charge in [-0.25, -0.2) is 4.79 Å². The van der Waals surface area contributed by atoms with Gasteiger partial charge in [0.25, 0.3) is 0 Å². The van der Waals surface area contributed by atoms with E-state index in [0.29, 0.717) is 11.3 Å². The van der Waals surface area contributed by atoms with E-state index in [1.54, 1.807) is 6.07 Å². The van der Waals surface area contributed by atoms with Crippen LogP contribution in [0.1, 0.15) is 10.4 Å². The van der Waals surface area contributed by atoms with Crippen LogP contribution in [-0.2, 0) is 0 Å². The van der Waals surface area contributed by atoms with Crippen molar-refractivity contribution >= 4 is 17.3 Å². The molecule has 0 heterocycles. The highest BCUT2D eigenvalue weighted by molar-refractivity contribution is 6.01. The molecule has 0 aliphatic rings. The fourth-order valence-corrected chi connectivity index (χ4v) is 1.75. The number of nitrogens with two attached hydrogens (primary N) is 2. The molecule has 0 aromatic heterocycles. The summed E-state index contributed by atoms with van der Waals surface area (Å²) in [4.78, 5) is 11.0. The van der Waals surface area contributed by atoms with Crippen molar-refractivity contribution in [2.45, 2.75) is 0 Å². The lowest BCUT2D eigenvalue weighted by atomic mass is 9.98. The smallest absolute Gasteiger partial charge is 0.337 e. The van der Waals surface area contributed by atoms with Crippen LogP contribution in [0.25, 0.3) is 11.1 Å². The third-order valence-electron chi connectivity index (χ3n) is 2.57. The molecule has 0 saturated heterocycles. The first kappa shape index (κ1) is 11.0. The van der Waals surface area contributed by atoms with Gasteiger partial charge in [-0.05, 0) is 17.7 Å². The number of carboxylic acids is 1. The van der Waals surface area contributed by atoms with Gasteiger partial charge >= 0.3 is 5.97 Å². The molecule has 86 valence electrons. The lowest BCUT2D eigenvalue weighted by Gasteiger charge is -2.11. The van der Waals surface area contributed by atoms with Crippen LogP contribution in [0.2, 0.25) is 0 Å². The van der Waals surface area contributed by atoms with E-state index < -0.39 is 5.97 Å². The van der Waals surface area contributed by atoms with Crippen molar-refractivity contribution in [2.75, 3.05) is 11.5 Å². The molecule has 0 amide bonds. The van der Waals surface area contributed by atoms with Gasteiger partial charge in [0.1, 0.15) is 0 Å². The molecule has 4 nitrogen and oxygen atoms in total. The van der Waals surface area contributed by atoms with E-state index >= 15 is 0 Å². The summed E-state index contributed by atoms with van der Waals surface area (Å²) in [6.45, 7) is 0. The van der Waals surface area contributed by atoms with E-state index in [1.807, 2.05) is 30.3 Å². The zero-order chi connectivity index (χ0) is 12.4. The van der Waals surface area contributed by atoms with Crippen LogP contribution in [0.15, 0.2) is 42.5 Å². The lowest BCUT2D eigenvalue weighted by molar-refractivity contribution is 0.0698. The molecule has 2 aromatic carbocycles. The van der Waals surface area contributed by atoms with Crippen LogP contribution in [0.5, 0.6) is 0 Å². The second-order valence-electron chi connectivity index (χ2n) is 3.66. The highest BCUT2D eigenvalue weighted by Crippen LogP contribution is 2.33. The predicted octanol–water partition coefficient (Wildman–Crippen LogP) is 2.22. The van der Waals surface area contributed by atoms with Crippen molar-refractivity contribution in [1.82, 2.24) is 0 Å². The summed E-state index contributed by atoms with van der Waals surface area (Å²) in [5.41, 5.74) is 13.8. The van der Waals surface area contributed by atoms with E-state index in [2.05, 4.69) is 0 Å². The first-order valence-electron chi connectivity index (χ1n) is 5.08. The monoisotopic (exact) mass is 228 g/mol. The topological polar surface area (TPSA) is 89.3 Å². The molecule has 4 heteroatoms. The summed E-state index contributed by atoms with van der Waals surface area (Å²) >= 11 is 0. The maximum Gasteiger partial charge on any atom is 0.337 e. The van der Waals surface area contributed by atoms with Crippen molar-refractivity contribution in [1.29, 1.82) is 0 Å². The van der Waals surface area contributed by atoms with E-state index in [-0.39, 0.29) is 11.3 Å². The fraction of sp³-hybridized carbons (Fsp3) is 0. The van der Waals surface area contributed by atoms with Crippen LogP contribution in [0.4, 0.5) is 11.4 Å². The number of anilines is 2. The standard InChI is InChI=1S/C13H12N2O2/c14-10-7-6-9(13(16)17)12(15)11(10)8-4-2-1-3-5-8/h1-7H,14-15H2,(H,16,17). The Labute approximate surface area is 98.5 Å². The van der Waals surface area contributed by atoms with Gasteiger partial charge in [-0.1, -0.05) is 30.3 Å². The average Bonchev–Trinajstić information content (AvgIpc) is 2.30. The van der Waals surface area contributed by atoms with Crippen LogP contribution < -0.4 is 11.5 Å². The normalized spacial score (nSPS) is 10.1. The van der Waals surface area contributed by atoms with E-state index in [1.165, 1.54) is 6.07 Å². The molecule has 0 unspecified atom stereocenters. The summed E-state index contributed by atoms with van der Waals surface area (Å²) in [7, 11) is 0. The number of carbonyl (C=O) groups is 1. The third kappa shape index (κ3) is 1.92. The second kappa shape index (κ2) is 4.17. The third-order valence-corrected chi connectivity index (χ3v) is 2.57. The molecule has 0 aliphatic carbocycles. The Balaban J connectivity index is 2.69. The molecule has 0 bridgehead atoms. The van der Waals surface area contributed by atoms with E-state index in [4.69, 9.17) is 16.6 Å². The first-order valence-corrected chi connectivity index (χ1v) is 5.08. The zero-order valence-electron chi connectivity index (χ0n) is 9.05. The van der Waals surface area contributed by atoms with Crippen molar-refractivity contribution in [2.24, 2.45) is 0 Å². The van der Waals surface area contributed by atoms with Crippen LogP contribution in [0.3, 0.4) is 0 Å². The summed E-state index contributed by atoms with van der Waals surface area (Å²) < 4.78 is 0. The molecular formula is C13H12N2O2. The number of rotatable bonds is 2. The Morgan fingerprint density at radius 1 is 1.00 bits per heavy atom. The average molecular weight is 228 g/mol. The summed E-state index contributed by atoms with van der Waals surface area (Å²) in [5, 5.41) is 9.01. The fourth-order valence-electron chi connectivity index (χ4n) is 1.75. The van der Waals surface area contributed by atoms with Gasteiger partial charge in [0.15, 0.2) is 0 Å². The largest absolute Gasteiger partial charge is 0.478 e. The maximum atomic E-state index is 11.0. The highest BCUT2D eigenvalue weighted by Gasteiger charge is 2.14. The highest BCUT2D eigenvalue weighted by atomic mass is 16.4. The van der Waals surface area contributed by atoms with Gasteiger partial charge in [0.2, 0.25) is 0 Å². The molecule has 0 aliphatic heterocycles. The Hall–Kier alpha value is -2.49. The molecule has 2 aromatic rings. The van der Waals surface area contributed by atoms with Crippen molar-refractivity contribution in [3.63, 3.8) is 0 Å². The molecular weight excluding hydrogens is 216 g/mol. The molecule has 0 spiro atoms. The van der Waals surface area contributed by atoms with Crippen molar-refractivity contribution in [3.8, 4) is 11.1 Å². The van der Waals surface area contributed by atoms with Crippen molar-refractivity contribution < 1.29 is 9.90 Å². The van der Waals surface area contributed by atoms with Gasteiger partial charge < -0.3 is 16.6 Å². The number of hydrogen-bond donors (Lipinski definition) is 3. The SMILES string of the molecule is Nc1ccc(C(=O)O)c(N)c1-c1ccccc1. The summed E-state index contributed by atoms with van der Waals surface area (Å²) in [6, 6.07) is 12.2. The number of benzene rings is 2. The van der Waals surface area contributed by atoms with Gasteiger partial charge in [-0.15, -0.1) is 0 Å². The number of carboxylic acid groups (broad SMARTS) is 1. The minimum absolute atomic E-state index is 0.0676. The summed E-state index contributed by atoms with van der Waals surface area (Å²) in [6.07, 6.45) is 0. The van der Waals surface area contributed by atoms with Gasteiger partial charge in [-0.2, -0.15) is 0 Å². The Kier molecular flexibility index (Phi) is 2.70. The second-order valence-corrected chi connectivity index (χ2v) is 3.66.